The average Bonchev–Trinajstić information content (AvgIpc) is 4.16. The van der Waals surface area contributed by atoms with Gasteiger partial charge in [-0.15, -0.1) is 0 Å². The predicted octanol–water partition coefficient (Wildman–Crippen LogP) is 18.0. The first kappa shape index (κ1) is 45.4. The van der Waals surface area contributed by atoms with Crippen molar-refractivity contribution in [3.8, 4) is 33.4 Å². The summed E-state index contributed by atoms with van der Waals surface area (Å²) in [5.74, 6) is 0. The maximum atomic E-state index is 7.17. The van der Waals surface area contributed by atoms with Gasteiger partial charge in [0.2, 0.25) is 0 Å². The molecule has 4 heterocycles. The highest BCUT2D eigenvalue weighted by Gasteiger charge is 2.51. The summed E-state index contributed by atoms with van der Waals surface area (Å²) in [6.45, 7) is 28.2. The van der Waals surface area contributed by atoms with Crippen LogP contribution < -0.4 is 20.6 Å². The first-order chi connectivity index (χ1) is 35.2. The van der Waals surface area contributed by atoms with Gasteiger partial charge < -0.3 is 18.5 Å². The van der Waals surface area contributed by atoms with E-state index in [2.05, 4.69) is 238 Å². The number of anilines is 5. The summed E-state index contributed by atoms with van der Waals surface area (Å²) in [6.07, 6.45) is 4.15. The lowest BCUT2D eigenvalue weighted by molar-refractivity contribution is 0.332. The fourth-order valence-electron chi connectivity index (χ4n) is 13.8. The van der Waals surface area contributed by atoms with Crippen molar-refractivity contribution in [2.45, 2.75) is 123 Å². The fraction of sp³-hybridized carbons (Fsp3) is 0.275. The van der Waals surface area contributed by atoms with Gasteiger partial charge in [0, 0.05) is 61.5 Å². The number of rotatable bonds is 3. The van der Waals surface area contributed by atoms with Crippen LogP contribution in [0, 0.1) is 0 Å². The van der Waals surface area contributed by atoms with Crippen molar-refractivity contribution in [1.82, 2.24) is 0 Å². The van der Waals surface area contributed by atoms with E-state index in [1.54, 1.807) is 0 Å². The zero-order valence-electron chi connectivity index (χ0n) is 45.1. The van der Waals surface area contributed by atoms with Gasteiger partial charge in [-0.2, -0.15) is 0 Å². The highest BCUT2D eigenvalue weighted by Crippen LogP contribution is 2.60. The summed E-state index contributed by atoms with van der Waals surface area (Å²) in [5.41, 5.74) is 26.5. The van der Waals surface area contributed by atoms with Crippen LogP contribution >= 0.6 is 0 Å². The molecule has 4 nitrogen and oxygen atoms in total. The van der Waals surface area contributed by atoms with E-state index in [1.165, 1.54) is 88.8 Å². The molecule has 2 aliphatic carbocycles. The molecule has 10 aromatic rings. The maximum Gasteiger partial charge on any atom is 0.333 e. The lowest BCUT2D eigenvalue weighted by Gasteiger charge is -2.47. The first-order valence-electron chi connectivity index (χ1n) is 27.0. The van der Waals surface area contributed by atoms with Crippen LogP contribution in [0.1, 0.15) is 129 Å². The molecule has 366 valence electrons. The molecule has 0 saturated heterocycles. The van der Waals surface area contributed by atoms with Crippen molar-refractivity contribution in [1.29, 1.82) is 0 Å². The van der Waals surface area contributed by atoms with Crippen LogP contribution in [-0.2, 0) is 27.1 Å². The molecular formula is C69H65BN2O2. The predicted molar refractivity (Wildman–Crippen MR) is 313 cm³/mol. The van der Waals surface area contributed by atoms with Crippen LogP contribution in [0.25, 0.3) is 66.3 Å². The van der Waals surface area contributed by atoms with Gasteiger partial charge in [-0.1, -0.05) is 156 Å². The van der Waals surface area contributed by atoms with Crippen molar-refractivity contribution in [2.75, 3.05) is 9.71 Å². The molecule has 0 radical (unpaired) electrons. The summed E-state index contributed by atoms with van der Waals surface area (Å²) in [5, 5.41) is 3.43. The molecule has 14 rings (SSSR count). The third-order valence-corrected chi connectivity index (χ3v) is 18.1. The Hall–Kier alpha value is -7.24. The summed E-state index contributed by atoms with van der Waals surface area (Å²) in [4.78, 5) is 5.32. The van der Waals surface area contributed by atoms with Crippen LogP contribution in [0.2, 0.25) is 0 Å². The number of hydrogen-bond donors (Lipinski definition) is 0. The number of furan rings is 2. The number of nitrogens with zero attached hydrogens (tertiary/aromatic N) is 2. The Bertz CT molecular complexity index is 4020. The average molecular weight is 965 g/mol. The molecule has 0 fully saturated rings. The zero-order chi connectivity index (χ0) is 51.2. The zero-order valence-corrected chi connectivity index (χ0v) is 45.1. The Morgan fingerprint density at radius 1 is 0.500 bits per heavy atom. The molecule has 2 aromatic heterocycles. The van der Waals surface area contributed by atoms with E-state index in [1.807, 2.05) is 6.26 Å². The van der Waals surface area contributed by atoms with E-state index in [0.29, 0.717) is 0 Å². The SMILES string of the molecule is CC(C)(C)c1ccc(N2B3c4cc5occc5cc4N(c4ccc(C(C)(C)C)cc4-c4ccccc4)c4c3c(cc3c4C(C)(C)c4ccccc4-3)-c3cc4c(cc32)oc2cc3c(cc24)C(C)(C)CCC3(C)C)cc1. The Morgan fingerprint density at radius 2 is 1.16 bits per heavy atom. The van der Waals surface area contributed by atoms with Gasteiger partial charge in [0.1, 0.15) is 16.7 Å². The minimum Gasteiger partial charge on any atom is -0.464 e. The largest absolute Gasteiger partial charge is 0.464 e. The standard InChI is InChI=1S/C69H65BN2O2/c1-65(2,3)42-22-25-44(26-23-42)72-57-39-61-48(49-36-53-54(37-60(49)74-61)68(9,10)30-29-67(53,7)8)34-47(57)51-35-50-45-20-16-17-21-52(45)69(11,12)62(50)64-63(51)70(72)55-38-59-41(28-31-73-59)32-58(55)71(64)56-27-24-43(66(4,5)6)33-46(56)40-18-14-13-15-19-40/h13-28,31-39H,29-30H2,1-12H3. The molecule has 4 aliphatic rings. The van der Waals surface area contributed by atoms with E-state index in [-0.39, 0.29) is 33.9 Å². The Kier molecular flexibility index (Phi) is 9.18. The van der Waals surface area contributed by atoms with Crippen LogP contribution in [-0.4, -0.2) is 6.85 Å². The molecule has 0 saturated carbocycles. The molecule has 74 heavy (non-hydrogen) atoms. The summed E-state index contributed by atoms with van der Waals surface area (Å²) >= 11 is 0. The number of hydrogen-bond acceptors (Lipinski definition) is 4. The van der Waals surface area contributed by atoms with Gasteiger partial charge >= 0.3 is 6.85 Å². The van der Waals surface area contributed by atoms with Crippen molar-refractivity contribution < 1.29 is 8.83 Å². The lowest BCUT2D eigenvalue weighted by atomic mass is 9.42. The molecule has 2 aliphatic heterocycles. The normalized spacial score (nSPS) is 16.8. The molecule has 5 heteroatoms. The minimum atomic E-state index is -0.335. The molecule has 8 aromatic carbocycles. The fourth-order valence-corrected chi connectivity index (χ4v) is 13.8. The lowest BCUT2D eigenvalue weighted by Crippen LogP contribution is -2.62. The Morgan fingerprint density at radius 3 is 1.89 bits per heavy atom. The van der Waals surface area contributed by atoms with Gasteiger partial charge in [0.15, 0.2) is 0 Å². The third-order valence-electron chi connectivity index (χ3n) is 18.1. The van der Waals surface area contributed by atoms with Crippen molar-refractivity contribution in [3.05, 3.63) is 185 Å². The van der Waals surface area contributed by atoms with Gasteiger partial charge in [0.05, 0.1) is 12.0 Å². The molecule has 0 atom stereocenters. The van der Waals surface area contributed by atoms with Gasteiger partial charge in [-0.3, -0.25) is 0 Å². The smallest absolute Gasteiger partial charge is 0.333 e. The van der Waals surface area contributed by atoms with Gasteiger partial charge in [-0.05, 0) is 168 Å². The number of benzene rings is 8. The van der Waals surface area contributed by atoms with Crippen LogP contribution in [0.5, 0.6) is 0 Å². The van der Waals surface area contributed by atoms with E-state index < -0.39 is 0 Å². The second-order valence-electron chi connectivity index (χ2n) is 26.0. The summed E-state index contributed by atoms with van der Waals surface area (Å²) in [6, 6.07) is 56.1. The Labute approximate surface area is 437 Å². The monoisotopic (exact) mass is 965 g/mol. The Balaban J connectivity index is 1.16. The van der Waals surface area contributed by atoms with E-state index >= 15 is 0 Å². The van der Waals surface area contributed by atoms with Crippen LogP contribution in [0.15, 0.2) is 161 Å². The summed E-state index contributed by atoms with van der Waals surface area (Å²) in [7, 11) is 0. The van der Waals surface area contributed by atoms with Crippen LogP contribution in [0.3, 0.4) is 0 Å². The molecule has 0 spiro atoms. The van der Waals surface area contributed by atoms with Gasteiger partial charge in [0.25, 0.3) is 0 Å². The molecule has 0 N–H and O–H groups in total. The quantitative estimate of drug-likeness (QED) is 0.165. The van der Waals surface area contributed by atoms with E-state index in [4.69, 9.17) is 8.83 Å². The van der Waals surface area contributed by atoms with E-state index in [9.17, 15) is 0 Å². The van der Waals surface area contributed by atoms with Crippen molar-refractivity contribution in [2.24, 2.45) is 0 Å². The third kappa shape index (κ3) is 6.34. The second-order valence-corrected chi connectivity index (χ2v) is 26.0. The molecular weight excluding hydrogens is 900 g/mol. The molecule has 0 amide bonds. The minimum absolute atomic E-state index is 0.0101. The van der Waals surface area contributed by atoms with Crippen molar-refractivity contribution in [3.63, 3.8) is 0 Å². The topological polar surface area (TPSA) is 32.8 Å². The summed E-state index contributed by atoms with van der Waals surface area (Å²) < 4.78 is 13.6. The first-order valence-corrected chi connectivity index (χ1v) is 27.0. The highest BCUT2D eigenvalue weighted by atomic mass is 16.3. The van der Waals surface area contributed by atoms with Crippen molar-refractivity contribution >= 4 is 79.1 Å². The molecule has 0 unspecified atom stereocenters. The number of fused-ring (bicyclic) bond motifs is 13. The van der Waals surface area contributed by atoms with E-state index in [0.717, 1.165) is 63.1 Å². The van der Waals surface area contributed by atoms with Gasteiger partial charge in [-0.25, -0.2) is 0 Å². The second kappa shape index (κ2) is 15.0. The maximum absolute atomic E-state index is 7.17. The highest BCUT2D eigenvalue weighted by molar-refractivity contribution is 6.94. The van der Waals surface area contributed by atoms with Crippen LogP contribution in [0.4, 0.5) is 28.4 Å². The molecule has 0 bridgehead atoms.